The number of methoxy groups -OCH3 is 1. The molecule has 2 aliphatic rings. The van der Waals surface area contributed by atoms with Gasteiger partial charge in [-0.3, -0.25) is 9.59 Å². The number of hydrogen-bond acceptors (Lipinski definition) is 4. The van der Waals surface area contributed by atoms with Crippen LogP contribution in [0.1, 0.15) is 52.2 Å². The molecule has 0 aliphatic carbocycles. The fourth-order valence-electron chi connectivity index (χ4n) is 4.15. The van der Waals surface area contributed by atoms with E-state index in [2.05, 4.69) is 22.2 Å². The van der Waals surface area contributed by atoms with Crippen LogP contribution in [0.25, 0.3) is 0 Å². The highest BCUT2D eigenvalue weighted by molar-refractivity contribution is 6.10. The fraction of sp³-hybridized carbons (Fsp3) is 0.391. The van der Waals surface area contributed by atoms with E-state index in [4.69, 9.17) is 0 Å². The van der Waals surface area contributed by atoms with Crippen molar-refractivity contribution in [3.63, 3.8) is 0 Å². The van der Waals surface area contributed by atoms with Crippen molar-refractivity contribution in [3.05, 3.63) is 64.7 Å². The number of halogens is 1. The summed E-state index contributed by atoms with van der Waals surface area (Å²) in [5.41, 5.74) is 5.24. The molecule has 29 heavy (non-hydrogen) atoms. The van der Waals surface area contributed by atoms with Gasteiger partial charge in [-0.25, -0.2) is 0 Å². The van der Waals surface area contributed by atoms with Crippen molar-refractivity contribution in [3.8, 4) is 0 Å². The molecule has 1 N–H and O–H groups in total. The Morgan fingerprint density at radius 2 is 1.86 bits per heavy atom. The van der Waals surface area contributed by atoms with Crippen LogP contribution < -0.4 is 10.2 Å². The van der Waals surface area contributed by atoms with Gasteiger partial charge in [0.25, 0.3) is 5.91 Å². The molecule has 0 unspecified atom stereocenters. The van der Waals surface area contributed by atoms with Gasteiger partial charge in [-0.2, -0.15) is 0 Å². The predicted molar refractivity (Wildman–Crippen MR) is 116 cm³/mol. The maximum absolute atomic E-state index is 12.9. The Morgan fingerprint density at radius 3 is 2.55 bits per heavy atom. The molecule has 0 atom stereocenters. The predicted octanol–water partition coefficient (Wildman–Crippen LogP) is 3.84. The molecule has 0 radical (unpaired) electrons. The van der Waals surface area contributed by atoms with Gasteiger partial charge < -0.3 is 15.0 Å². The van der Waals surface area contributed by atoms with E-state index in [0.717, 1.165) is 48.3 Å². The van der Waals surface area contributed by atoms with E-state index < -0.39 is 0 Å². The van der Waals surface area contributed by atoms with Crippen LogP contribution in [0.2, 0.25) is 0 Å². The minimum atomic E-state index is -0.209. The Hall–Kier alpha value is -2.37. The van der Waals surface area contributed by atoms with Crippen molar-refractivity contribution in [1.29, 1.82) is 0 Å². The van der Waals surface area contributed by atoms with Gasteiger partial charge in [0.1, 0.15) is 0 Å². The summed E-state index contributed by atoms with van der Waals surface area (Å²) < 4.78 is 4.68. The van der Waals surface area contributed by atoms with Gasteiger partial charge in [0.2, 0.25) is 0 Å². The van der Waals surface area contributed by atoms with Crippen LogP contribution in [0.4, 0.5) is 5.69 Å². The van der Waals surface area contributed by atoms with Gasteiger partial charge in [0, 0.05) is 17.7 Å². The van der Waals surface area contributed by atoms with Crippen molar-refractivity contribution in [1.82, 2.24) is 5.32 Å². The largest absolute Gasteiger partial charge is 0.469 e. The number of carbonyl (C=O) groups excluding carboxylic acids is 2. The van der Waals surface area contributed by atoms with Crippen molar-refractivity contribution in [2.45, 2.75) is 38.1 Å². The second-order valence-corrected chi connectivity index (χ2v) is 7.57. The number of aryl methyl sites for hydroxylation is 1. The second kappa shape index (κ2) is 9.42. The maximum Gasteiger partial charge on any atom is 0.305 e. The van der Waals surface area contributed by atoms with Crippen LogP contribution in [-0.2, 0) is 22.5 Å². The maximum atomic E-state index is 12.9. The van der Waals surface area contributed by atoms with Gasteiger partial charge in [0.15, 0.2) is 0 Å². The van der Waals surface area contributed by atoms with E-state index in [9.17, 15) is 9.59 Å². The summed E-state index contributed by atoms with van der Waals surface area (Å²) in [5, 5.41) is 3.41. The second-order valence-electron chi connectivity index (χ2n) is 7.57. The van der Waals surface area contributed by atoms with Crippen LogP contribution in [0.5, 0.6) is 0 Å². The molecule has 154 valence electrons. The summed E-state index contributed by atoms with van der Waals surface area (Å²) >= 11 is 0. The van der Waals surface area contributed by atoms with Crippen LogP contribution in [0, 0.1) is 0 Å². The van der Waals surface area contributed by atoms with E-state index in [1.807, 2.05) is 35.2 Å². The van der Waals surface area contributed by atoms with Crippen LogP contribution in [0.15, 0.2) is 42.5 Å². The number of ether oxygens (including phenoxy) is 1. The number of carbonyl (C=O) groups is 2. The van der Waals surface area contributed by atoms with Crippen molar-refractivity contribution >= 4 is 30.0 Å². The number of rotatable bonds is 5. The number of esters is 1. The molecule has 1 amide bonds. The quantitative estimate of drug-likeness (QED) is 0.755. The average Bonchev–Trinajstić information content (AvgIpc) is 3.09. The minimum absolute atomic E-state index is 0. The first-order valence-corrected chi connectivity index (χ1v) is 9.97. The number of piperidine rings is 1. The molecular weight excluding hydrogens is 388 g/mol. The molecule has 4 rings (SSSR count). The molecule has 1 fully saturated rings. The zero-order valence-corrected chi connectivity index (χ0v) is 17.5. The molecule has 5 nitrogen and oxygen atoms in total. The number of amides is 1. The van der Waals surface area contributed by atoms with Gasteiger partial charge in [-0.05, 0) is 73.2 Å². The highest BCUT2D eigenvalue weighted by atomic mass is 35.5. The molecule has 0 aromatic heterocycles. The van der Waals surface area contributed by atoms with E-state index in [1.54, 1.807) is 0 Å². The normalized spacial score (nSPS) is 16.3. The molecule has 0 saturated carbocycles. The van der Waals surface area contributed by atoms with Crippen molar-refractivity contribution < 1.29 is 14.3 Å². The number of hydrogen-bond donors (Lipinski definition) is 1. The van der Waals surface area contributed by atoms with E-state index in [-0.39, 0.29) is 24.3 Å². The first-order chi connectivity index (χ1) is 13.7. The topological polar surface area (TPSA) is 58.6 Å². The third-order valence-corrected chi connectivity index (χ3v) is 5.84. The van der Waals surface area contributed by atoms with Gasteiger partial charge in [-0.1, -0.05) is 24.3 Å². The van der Waals surface area contributed by atoms with Crippen LogP contribution >= 0.6 is 12.4 Å². The van der Waals surface area contributed by atoms with Crippen molar-refractivity contribution in [2.75, 3.05) is 25.1 Å². The average molecular weight is 415 g/mol. The zero-order chi connectivity index (χ0) is 19.5. The lowest BCUT2D eigenvalue weighted by Gasteiger charge is -2.23. The summed E-state index contributed by atoms with van der Waals surface area (Å²) in [4.78, 5) is 26.0. The lowest BCUT2D eigenvalue weighted by molar-refractivity contribution is -0.140. The molecule has 2 heterocycles. The Bertz CT molecular complexity index is 876. The monoisotopic (exact) mass is 414 g/mol. The highest BCUT2D eigenvalue weighted by Gasteiger charge is 2.29. The van der Waals surface area contributed by atoms with E-state index in [1.165, 1.54) is 12.7 Å². The summed E-state index contributed by atoms with van der Waals surface area (Å²) in [6.45, 7) is 2.75. The molecular formula is C23H27ClN2O3. The highest BCUT2D eigenvalue weighted by Crippen LogP contribution is 2.33. The Balaban J connectivity index is 0.00000240. The first-order valence-electron chi connectivity index (χ1n) is 9.97. The zero-order valence-electron chi connectivity index (χ0n) is 16.6. The summed E-state index contributed by atoms with van der Waals surface area (Å²) in [7, 11) is 1.40. The smallest absolute Gasteiger partial charge is 0.305 e. The molecule has 2 aromatic rings. The number of nitrogens with zero attached hydrogens (tertiary/aromatic N) is 1. The van der Waals surface area contributed by atoms with Gasteiger partial charge in [0.05, 0.1) is 13.7 Å². The number of nitrogens with one attached hydrogen (secondary N) is 1. The Labute approximate surface area is 177 Å². The van der Waals surface area contributed by atoms with Crippen molar-refractivity contribution in [2.24, 2.45) is 0 Å². The summed E-state index contributed by atoms with van der Waals surface area (Å²) in [6, 6.07) is 14.2. The minimum Gasteiger partial charge on any atom is -0.469 e. The standard InChI is InChI=1S/C23H26N2O3.ClH/c1-28-22(26)9-4-16-2-6-20(7-3-16)25-15-19-14-18(5-8-21(19)23(25)27)17-10-12-24-13-11-17;/h2-3,5-8,14,17,24H,4,9-13,15H2,1H3;1H. The SMILES string of the molecule is COC(=O)CCc1ccc(N2Cc3cc(C4CCNCC4)ccc3C2=O)cc1.Cl. The van der Waals surface area contributed by atoms with E-state index >= 15 is 0 Å². The van der Waals surface area contributed by atoms with Gasteiger partial charge >= 0.3 is 5.97 Å². The lowest BCUT2D eigenvalue weighted by Crippen LogP contribution is -2.26. The molecule has 1 saturated heterocycles. The van der Waals surface area contributed by atoms with Gasteiger partial charge in [-0.15, -0.1) is 12.4 Å². The van der Waals surface area contributed by atoms with Crippen LogP contribution in [0.3, 0.4) is 0 Å². The molecule has 2 aliphatic heterocycles. The van der Waals surface area contributed by atoms with E-state index in [0.29, 0.717) is 25.3 Å². The summed E-state index contributed by atoms with van der Waals surface area (Å²) in [5.74, 6) is 0.442. The Morgan fingerprint density at radius 1 is 1.14 bits per heavy atom. The third-order valence-electron chi connectivity index (χ3n) is 5.84. The molecule has 0 spiro atoms. The molecule has 0 bridgehead atoms. The Kier molecular flexibility index (Phi) is 6.93. The fourth-order valence-corrected chi connectivity index (χ4v) is 4.15. The van der Waals surface area contributed by atoms with Crippen LogP contribution in [-0.4, -0.2) is 32.1 Å². The number of fused-ring (bicyclic) bond motifs is 1. The first kappa shape index (κ1) is 21.3. The molecule has 6 heteroatoms. The third kappa shape index (κ3) is 4.62. The lowest BCUT2D eigenvalue weighted by atomic mass is 9.88. The molecule has 2 aromatic carbocycles. The summed E-state index contributed by atoms with van der Waals surface area (Å²) in [6.07, 6.45) is 3.32. The number of anilines is 1. The number of benzene rings is 2.